The summed E-state index contributed by atoms with van der Waals surface area (Å²) in [6.07, 6.45) is -1.59. The molecule has 1 aliphatic rings. The fourth-order valence-electron chi connectivity index (χ4n) is 2.36. The van der Waals surface area contributed by atoms with Crippen LogP contribution < -0.4 is 9.47 Å². The lowest BCUT2D eigenvalue weighted by atomic mass is 9.93. The lowest BCUT2D eigenvalue weighted by Crippen LogP contribution is -2.55. The monoisotopic (exact) mass is 310 g/mol. The molecule has 120 valence electrons. The highest BCUT2D eigenvalue weighted by Gasteiger charge is 2.63. The molecule has 1 unspecified atom stereocenters. The van der Waals surface area contributed by atoms with Crippen LogP contribution in [0, 0.1) is 0 Å². The van der Waals surface area contributed by atoms with Crippen molar-refractivity contribution >= 4 is 11.9 Å². The number of hydrogen-bond acceptors (Lipinski definition) is 7. The number of aliphatic hydroxyl groups is 1. The van der Waals surface area contributed by atoms with Crippen molar-refractivity contribution in [3.63, 3.8) is 0 Å². The summed E-state index contributed by atoms with van der Waals surface area (Å²) in [5, 5.41) is 10.6. The van der Waals surface area contributed by atoms with Crippen LogP contribution in [-0.2, 0) is 19.1 Å². The van der Waals surface area contributed by atoms with Crippen molar-refractivity contribution in [1.82, 2.24) is 0 Å². The summed E-state index contributed by atoms with van der Waals surface area (Å²) in [6.45, 7) is 3.24. The Labute approximate surface area is 127 Å². The first-order chi connectivity index (χ1) is 10.5. The lowest BCUT2D eigenvalue weighted by molar-refractivity contribution is -0.187. The van der Waals surface area contributed by atoms with Gasteiger partial charge in [-0.05, 0) is 26.0 Å². The molecule has 1 aromatic carbocycles. The zero-order valence-corrected chi connectivity index (χ0v) is 12.6. The van der Waals surface area contributed by atoms with Gasteiger partial charge >= 0.3 is 17.5 Å². The average molecular weight is 310 g/mol. The number of carbonyl (C=O) groups is 2. The molecule has 1 aliphatic heterocycles. The zero-order valence-electron chi connectivity index (χ0n) is 12.6. The first kappa shape index (κ1) is 16.1. The zero-order chi connectivity index (χ0) is 16.3. The molecule has 0 aliphatic carbocycles. The Hall–Kier alpha value is -2.28. The quantitative estimate of drug-likeness (QED) is 0.640. The van der Waals surface area contributed by atoms with Gasteiger partial charge in [-0.2, -0.15) is 0 Å². The second kappa shape index (κ2) is 6.23. The van der Waals surface area contributed by atoms with E-state index >= 15 is 0 Å². The third kappa shape index (κ3) is 2.27. The van der Waals surface area contributed by atoms with Crippen molar-refractivity contribution in [3.8, 4) is 11.5 Å². The van der Waals surface area contributed by atoms with Crippen molar-refractivity contribution in [2.24, 2.45) is 0 Å². The van der Waals surface area contributed by atoms with Gasteiger partial charge in [0.25, 0.3) is 0 Å². The van der Waals surface area contributed by atoms with E-state index in [1.807, 2.05) is 0 Å². The molecule has 0 bridgehead atoms. The fraction of sp³-hybridized carbons (Fsp3) is 0.467. The minimum atomic E-state index is -2.27. The molecule has 0 amide bonds. The number of esters is 2. The molecular weight excluding hydrogens is 292 g/mol. The summed E-state index contributed by atoms with van der Waals surface area (Å²) < 4.78 is 20.5. The third-order valence-electron chi connectivity index (χ3n) is 3.33. The van der Waals surface area contributed by atoms with E-state index in [0.29, 0.717) is 5.75 Å². The maximum absolute atomic E-state index is 12.3. The summed E-state index contributed by atoms with van der Waals surface area (Å²) in [4.78, 5) is 24.6. The predicted molar refractivity (Wildman–Crippen MR) is 74.6 cm³/mol. The Bertz CT molecular complexity index is 563. The minimum Gasteiger partial charge on any atom is -0.496 e. The minimum absolute atomic E-state index is 0.0313. The second-order valence-electron chi connectivity index (χ2n) is 4.55. The number of ether oxygens (including phenoxy) is 4. The van der Waals surface area contributed by atoms with Crippen molar-refractivity contribution in [2.75, 3.05) is 20.3 Å². The van der Waals surface area contributed by atoms with Crippen molar-refractivity contribution in [1.29, 1.82) is 0 Å². The summed E-state index contributed by atoms with van der Waals surface area (Å²) in [7, 11) is 1.41. The van der Waals surface area contributed by atoms with Crippen LogP contribution in [0.15, 0.2) is 18.2 Å². The van der Waals surface area contributed by atoms with Gasteiger partial charge in [0.2, 0.25) is 0 Å². The fourth-order valence-corrected chi connectivity index (χ4v) is 2.36. The van der Waals surface area contributed by atoms with E-state index in [0.717, 1.165) is 0 Å². The molecule has 0 saturated heterocycles. The normalized spacial score (nSPS) is 18.1. The molecule has 0 radical (unpaired) electrons. The van der Waals surface area contributed by atoms with Crippen LogP contribution in [0.3, 0.4) is 0 Å². The molecule has 1 aromatic rings. The molecule has 0 spiro atoms. The number of benzene rings is 1. The molecule has 22 heavy (non-hydrogen) atoms. The Morgan fingerprint density at radius 2 is 1.82 bits per heavy atom. The average Bonchev–Trinajstić information content (AvgIpc) is 2.82. The molecule has 2 rings (SSSR count). The molecule has 0 fully saturated rings. The number of fused-ring (bicyclic) bond motifs is 1. The first-order valence-electron chi connectivity index (χ1n) is 6.91. The van der Waals surface area contributed by atoms with Crippen LogP contribution in [0.5, 0.6) is 11.5 Å². The molecule has 1 atom stereocenters. The SMILES string of the molecule is CCOC(=O)C1(C(=O)OCC)Oc2cccc(OC)c2C1O. The van der Waals surface area contributed by atoms with Crippen LogP contribution in [0.1, 0.15) is 25.5 Å². The van der Waals surface area contributed by atoms with Gasteiger partial charge in [-0.25, -0.2) is 9.59 Å². The van der Waals surface area contributed by atoms with E-state index in [-0.39, 0.29) is 24.5 Å². The highest BCUT2D eigenvalue weighted by Crippen LogP contribution is 2.48. The molecule has 1 N–H and O–H groups in total. The molecule has 0 aromatic heterocycles. The number of hydrogen-bond donors (Lipinski definition) is 1. The molecule has 1 heterocycles. The number of rotatable bonds is 5. The van der Waals surface area contributed by atoms with Gasteiger partial charge in [-0.1, -0.05) is 6.07 Å². The van der Waals surface area contributed by atoms with E-state index in [2.05, 4.69) is 0 Å². The highest BCUT2D eigenvalue weighted by atomic mass is 16.6. The smallest absolute Gasteiger partial charge is 0.365 e. The van der Waals surface area contributed by atoms with Gasteiger partial charge in [-0.15, -0.1) is 0 Å². The van der Waals surface area contributed by atoms with Crippen LogP contribution in [-0.4, -0.2) is 43.0 Å². The van der Waals surface area contributed by atoms with Gasteiger partial charge in [-0.3, -0.25) is 0 Å². The maximum Gasteiger partial charge on any atom is 0.365 e. The molecular formula is C15H18O7. The first-order valence-corrected chi connectivity index (χ1v) is 6.91. The van der Waals surface area contributed by atoms with Crippen LogP contribution in [0.25, 0.3) is 0 Å². The Balaban J connectivity index is 2.53. The number of carbonyl (C=O) groups excluding carboxylic acids is 2. The Kier molecular flexibility index (Phi) is 4.56. The second-order valence-corrected chi connectivity index (χ2v) is 4.55. The van der Waals surface area contributed by atoms with Gasteiger partial charge < -0.3 is 24.1 Å². The predicted octanol–water partition coefficient (Wildman–Crippen LogP) is 0.986. The van der Waals surface area contributed by atoms with Gasteiger partial charge in [0, 0.05) is 0 Å². The lowest BCUT2D eigenvalue weighted by Gasteiger charge is -2.26. The van der Waals surface area contributed by atoms with E-state index in [9.17, 15) is 14.7 Å². The topological polar surface area (TPSA) is 91.3 Å². The van der Waals surface area contributed by atoms with Crippen molar-refractivity contribution < 1.29 is 33.6 Å². The maximum atomic E-state index is 12.3. The van der Waals surface area contributed by atoms with Crippen LogP contribution >= 0.6 is 0 Å². The summed E-state index contributed by atoms with van der Waals surface area (Å²) in [5.41, 5.74) is -2.06. The van der Waals surface area contributed by atoms with Gasteiger partial charge in [0.05, 0.1) is 25.9 Å². The largest absolute Gasteiger partial charge is 0.496 e. The van der Waals surface area contributed by atoms with E-state index in [4.69, 9.17) is 18.9 Å². The number of methoxy groups -OCH3 is 1. The van der Waals surface area contributed by atoms with Crippen molar-refractivity contribution in [2.45, 2.75) is 25.6 Å². The summed E-state index contributed by atoms with van der Waals surface area (Å²) in [5.74, 6) is -1.52. The van der Waals surface area contributed by atoms with Crippen LogP contribution in [0.2, 0.25) is 0 Å². The molecule has 7 heteroatoms. The molecule has 0 saturated carbocycles. The van der Waals surface area contributed by atoms with E-state index in [1.54, 1.807) is 26.0 Å². The van der Waals surface area contributed by atoms with Gasteiger partial charge in [0.15, 0.2) is 0 Å². The third-order valence-corrected chi connectivity index (χ3v) is 3.33. The number of aliphatic hydroxyl groups excluding tert-OH is 1. The van der Waals surface area contributed by atoms with E-state index < -0.39 is 23.6 Å². The highest BCUT2D eigenvalue weighted by molar-refractivity contribution is 6.06. The van der Waals surface area contributed by atoms with E-state index in [1.165, 1.54) is 13.2 Å². The Morgan fingerprint density at radius 1 is 1.23 bits per heavy atom. The van der Waals surface area contributed by atoms with Gasteiger partial charge in [0.1, 0.15) is 17.6 Å². The Morgan fingerprint density at radius 3 is 2.32 bits per heavy atom. The van der Waals surface area contributed by atoms with Crippen LogP contribution in [0.4, 0.5) is 0 Å². The standard InChI is InChI=1S/C15H18O7/c1-4-20-13(17)15(14(18)21-5-2)12(16)11-9(19-3)7-6-8-10(11)22-15/h6-8,12,16H,4-5H2,1-3H3. The van der Waals surface area contributed by atoms with Crippen molar-refractivity contribution in [3.05, 3.63) is 23.8 Å². The molecule has 7 nitrogen and oxygen atoms in total. The summed E-state index contributed by atoms with van der Waals surface area (Å²) in [6, 6.07) is 4.75. The summed E-state index contributed by atoms with van der Waals surface area (Å²) >= 11 is 0.